The van der Waals surface area contributed by atoms with Gasteiger partial charge in [-0.2, -0.15) is 13.2 Å². The highest BCUT2D eigenvalue weighted by Gasteiger charge is 2.38. The van der Waals surface area contributed by atoms with Crippen LogP contribution in [0.25, 0.3) is 0 Å². The Bertz CT molecular complexity index is 257. The van der Waals surface area contributed by atoms with Crippen molar-refractivity contribution >= 4 is 11.9 Å². The average Bonchev–Trinajstić information content (AvgIpc) is 2.23. The second kappa shape index (κ2) is 9.66. The molecule has 0 aromatic rings. The standard InChI is InChI=1S/C7H15NO3.C2HF3O2/c1-6(5-8)11-4-2-3-7(9)10;3-2(4,5)1(6)7/h6H,2-5,8H2,1H3,(H,9,10);(H,6,7). The van der Waals surface area contributed by atoms with Gasteiger partial charge < -0.3 is 20.7 Å². The number of ether oxygens (including phenoxy) is 1. The number of rotatable bonds is 6. The van der Waals surface area contributed by atoms with Gasteiger partial charge in [0, 0.05) is 19.6 Å². The largest absolute Gasteiger partial charge is 0.490 e. The van der Waals surface area contributed by atoms with Crippen molar-refractivity contribution in [1.29, 1.82) is 0 Å². The summed E-state index contributed by atoms with van der Waals surface area (Å²) in [4.78, 5) is 18.9. The highest BCUT2D eigenvalue weighted by atomic mass is 19.4. The van der Waals surface area contributed by atoms with Crippen LogP contribution in [0.3, 0.4) is 0 Å². The number of carboxylic acid groups (broad SMARTS) is 2. The monoisotopic (exact) mass is 275 g/mol. The maximum absolute atomic E-state index is 10.6. The first-order valence-corrected chi connectivity index (χ1v) is 4.94. The van der Waals surface area contributed by atoms with E-state index >= 15 is 0 Å². The third kappa shape index (κ3) is 14.6. The number of alkyl halides is 3. The van der Waals surface area contributed by atoms with Gasteiger partial charge in [0.25, 0.3) is 0 Å². The molecule has 0 aromatic heterocycles. The molecule has 1 unspecified atom stereocenters. The molecule has 0 radical (unpaired) electrons. The molecule has 0 aromatic carbocycles. The number of aliphatic carboxylic acids is 2. The smallest absolute Gasteiger partial charge is 0.481 e. The molecule has 0 amide bonds. The van der Waals surface area contributed by atoms with E-state index in [2.05, 4.69) is 0 Å². The number of nitrogens with two attached hydrogens (primary N) is 1. The molecule has 0 saturated carbocycles. The molecular formula is C9H16F3NO5. The van der Waals surface area contributed by atoms with Gasteiger partial charge in [-0.05, 0) is 13.3 Å². The summed E-state index contributed by atoms with van der Waals surface area (Å²) in [7, 11) is 0. The Kier molecular flexibility index (Phi) is 10.2. The number of hydrogen-bond donors (Lipinski definition) is 3. The molecule has 0 saturated heterocycles. The van der Waals surface area contributed by atoms with E-state index in [1.807, 2.05) is 6.92 Å². The van der Waals surface area contributed by atoms with E-state index in [1.165, 1.54) is 0 Å². The lowest BCUT2D eigenvalue weighted by molar-refractivity contribution is -0.192. The predicted octanol–water partition coefficient (Wildman–Crippen LogP) is 0.848. The Hall–Kier alpha value is -1.35. The second-order valence-corrected chi connectivity index (χ2v) is 3.22. The number of carboxylic acids is 2. The molecule has 0 aliphatic heterocycles. The van der Waals surface area contributed by atoms with Crippen molar-refractivity contribution in [3.63, 3.8) is 0 Å². The Morgan fingerprint density at radius 2 is 1.78 bits per heavy atom. The van der Waals surface area contributed by atoms with E-state index in [9.17, 15) is 18.0 Å². The van der Waals surface area contributed by atoms with E-state index in [0.29, 0.717) is 19.6 Å². The molecule has 0 bridgehead atoms. The van der Waals surface area contributed by atoms with Crippen LogP contribution in [0.1, 0.15) is 19.8 Å². The first-order valence-electron chi connectivity index (χ1n) is 4.94. The Labute approximate surface area is 102 Å². The Morgan fingerprint density at radius 3 is 2.06 bits per heavy atom. The molecule has 1 atom stereocenters. The van der Waals surface area contributed by atoms with E-state index < -0.39 is 18.1 Å². The molecule has 0 heterocycles. The molecule has 0 rings (SSSR count). The summed E-state index contributed by atoms with van der Waals surface area (Å²) < 4.78 is 36.9. The van der Waals surface area contributed by atoms with Crippen molar-refractivity contribution in [2.24, 2.45) is 5.73 Å². The topological polar surface area (TPSA) is 110 Å². The molecular weight excluding hydrogens is 259 g/mol. The maximum atomic E-state index is 10.6. The van der Waals surface area contributed by atoms with Gasteiger partial charge in [0.2, 0.25) is 0 Å². The zero-order valence-corrected chi connectivity index (χ0v) is 9.74. The van der Waals surface area contributed by atoms with Gasteiger partial charge >= 0.3 is 18.1 Å². The molecule has 108 valence electrons. The van der Waals surface area contributed by atoms with E-state index in [1.54, 1.807) is 0 Å². The third-order valence-electron chi connectivity index (χ3n) is 1.51. The zero-order chi connectivity index (χ0) is 14.8. The summed E-state index contributed by atoms with van der Waals surface area (Å²) in [6.07, 6.45) is -4.33. The van der Waals surface area contributed by atoms with Crippen LogP contribution in [0.5, 0.6) is 0 Å². The highest BCUT2D eigenvalue weighted by Crippen LogP contribution is 2.13. The van der Waals surface area contributed by atoms with Gasteiger partial charge in [-0.1, -0.05) is 0 Å². The van der Waals surface area contributed by atoms with Crippen LogP contribution >= 0.6 is 0 Å². The van der Waals surface area contributed by atoms with Crippen molar-refractivity contribution in [3.05, 3.63) is 0 Å². The van der Waals surface area contributed by atoms with Crippen molar-refractivity contribution in [3.8, 4) is 0 Å². The first kappa shape index (κ1) is 19.0. The van der Waals surface area contributed by atoms with Crippen LogP contribution in [-0.2, 0) is 14.3 Å². The second-order valence-electron chi connectivity index (χ2n) is 3.22. The van der Waals surface area contributed by atoms with Crippen molar-refractivity contribution in [1.82, 2.24) is 0 Å². The average molecular weight is 275 g/mol. The summed E-state index contributed by atoms with van der Waals surface area (Å²) in [5.41, 5.74) is 5.27. The Balaban J connectivity index is 0. The van der Waals surface area contributed by atoms with Crippen LogP contribution < -0.4 is 5.73 Å². The van der Waals surface area contributed by atoms with Crippen molar-refractivity contribution < 1.29 is 37.7 Å². The molecule has 0 aliphatic rings. The minimum Gasteiger partial charge on any atom is -0.481 e. The van der Waals surface area contributed by atoms with Crippen LogP contribution in [0.2, 0.25) is 0 Å². The molecule has 0 aliphatic carbocycles. The van der Waals surface area contributed by atoms with Crippen LogP contribution in [-0.4, -0.2) is 47.6 Å². The van der Waals surface area contributed by atoms with E-state index in [4.69, 9.17) is 25.5 Å². The summed E-state index contributed by atoms with van der Waals surface area (Å²) in [6, 6.07) is 0. The molecule has 0 fully saturated rings. The predicted molar refractivity (Wildman–Crippen MR) is 55.0 cm³/mol. The lowest BCUT2D eigenvalue weighted by atomic mass is 10.3. The highest BCUT2D eigenvalue weighted by molar-refractivity contribution is 5.73. The van der Waals surface area contributed by atoms with Gasteiger partial charge in [-0.3, -0.25) is 4.79 Å². The normalized spacial score (nSPS) is 12.3. The number of halogens is 3. The van der Waals surface area contributed by atoms with Crippen LogP contribution in [0.15, 0.2) is 0 Å². The van der Waals surface area contributed by atoms with Gasteiger partial charge in [0.1, 0.15) is 0 Å². The SMILES string of the molecule is CC(CN)OCCCC(=O)O.O=C(O)C(F)(F)F. The summed E-state index contributed by atoms with van der Waals surface area (Å²) in [5.74, 6) is -3.54. The summed E-state index contributed by atoms with van der Waals surface area (Å²) >= 11 is 0. The minimum absolute atomic E-state index is 0.0313. The minimum atomic E-state index is -5.08. The lowest BCUT2D eigenvalue weighted by Gasteiger charge is -2.08. The van der Waals surface area contributed by atoms with Crippen molar-refractivity contribution in [2.45, 2.75) is 32.0 Å². The van der Waals surface area contributed by atoms with Gasteiger partial charge in [0.05, 0.1) is 6.10 Å². The van der Waals surface area contributed by atoms with Crippen molar-refractivity contribution in [2.75, 3.05) is 13.2 Å². The van der Waals surface area contributed by atoms with E-state index in [0.717, 1.165) is 0 Å². The maximum Gasteiger partial charge on any atom is 0.490 e. The van der Waals surface area contributed by atoms with Gasteiger partial charge in [-0.25, -0.2) is 4.79 Å². The fourth-order valence-corrected chi connectivity index (χ4v) is 0.576. The summed E-state index contributed by atoms with van der Waals surface area (Å²) in [6.45, 7) is 2.82. The van der Waals surface area contributed by atoms with Gasteiger partial charge in [-0.15, -0.1) is 0 Å². The number of carbonyl (C=O) groups is 2. The van der Waals surface area contributed by atoms with Crippen LogP contribution in [0, 0.1) is 0 Å². The zero-order valence-electron chi connectivity index (χ0n) is 9.74. The molecule has 0 spiro atoms. The van der Waals surface area contributed by atoms with Gasteiger partial charge in [0.15, 0.2) is 0 Å². The fraction of sp³-hybridized carbons (Fsp3) is 0.778. The fourth-order valence-electron chi connectivity index (χ4n) is 0.576. The first-order chi connectivity index (χ1) is 8.11. The molecule has 9 heteroatoms. The number of hydrogen-bond acceptors (Lipinski definition) is 4. The molecule has 6 nitrogen and oxygen atoms in total. The molecule has 4 N–H and O–H groups in total. The lowest BCUT2D eigenvalue weighted by Crippen LogP contribution is -2.21. The third-order valence-corrected chi connectivity index (χ3v) is 1.51. The Morgan fingerprint density at radius 1 is 1.33 bits per heavy atom. The summed E-state index contributed by atoms with van der Waals surface area (Å²) in [5, 5.41) is 15.4. The molecule has 18 heavy (non-hydrogen) atoms. The van der Waals surface area contributed by atoms with E-state index in [-0.39, 0.29) is 12.5 Å². The quantitative estimate of drug-likeness (QED) is 0.620. The van der Waals surface area contributed by atoms with Crippen LogP contribution in [0.4, 0.5) is 13.2 Å².